The highest BCUT2D eigenvalue weighted by molar-refractivity contribution is 7.89. The fourth-order valence-corrected chi connectivity index (χ4v) is 4.30. The number of carbonyl (C=O) groups is 1. The first-order valence-corrected chi connectivity index (χ1v) is 10.7. The van der Waals surface area contributed by atoms with E-state index in [1.807, 2.05) is 11.0 Å². The van der Waals surface area contributed by atoms with Crippen LogP contribution in [-0.4, -0.2) is 39.4 Å². The molecule has 1 heterocycles. The van der Waals surface area contributed by atoms with Crippen LogP contribution in [0.4, 0.5) is 0 Å². The second-order valence-electron chi connectivity index (χ2n) is 7.50. The van der Waals surface area contributed by atoms with E-state index in [1.54, 1.807) is 12.1 Å². The van der Waals surface area contributed by atoms with Gasteiger partial charge in [-0.3, -0.25) is 4.79 Å². The summed E-state index contributed by atoms with van der Waals surface area (Å²) in [4.78, 5) is 14.8. The van der Waals surface area contributed by atoms with Gasteiger partial charge in [0.1, 0.15) is 0 Å². The molecule has 0 aromatic heterocycles. The topological polar surface area (TPSA) is 66.5 Å². The van der Waals surface area contributed by atoms with Crippen LogP contribution in [0.3, 0.4) is 0 Å². The summed E-state index contributed by atoms with van der Waals surface area (Å²) in [5.41, 5.74) is 1.96. The van der Waals surface area contributed by atoms with Gasteiger partial charge < -0.3 is 4.90 Å². The number of sulfonamides is 1. The lowest BCUT2D eigenvalue weighted by molar-refractivity contribution is 0.0773. The molecule has 1 saturated heterocycles. The van der Waals surface area contributed by atoms with E-state index in [2.05, 4.69) is 35.9 Å². The number of aryl methyl sites for hydroxylation is 1. The predicted octanol–water partition coefficient (Wildman–Crippen LogP) is 3.08. The molecule has 0 radical (unpaired) electrons. The van der Waals surface area contributed by atoms with Gasteiger partial charge in [0.15, 0.2) is 0 Å². The Hall–Kier alpha value is -2.18. The summed E-state index contributed by atoms with van der Waals surface area (Å²) in [7, 11) is -2.12. The van der Waals surface area contributed by atoms with Crippen molar-refractivity contribution >= 4 is 15.9 Å². The molecule has 0 unspecified atom stereocenters. The quantitative estimate of drug-likeness (QED) is 0.830. The highest BCUT2D eigenvalue weighted by atomic mass is 32.2. The molecule has 3 rings (SSSR count). The summed E-state index contributed by atoms with van der Waals surface area (Å²) < 4.78 is 25.9. The van der Waals surface area contributed by atoms with Crippen molar-refractivity contribution in [1.82, 2.24) is 9.62 Å². The van der Waals surface area contributed by atoms with Gasteiger partial charge in [0.25, 0.3) is 5.91 Å². The number of carbonyl (C=O) groups excluding carboxylic acids is 1. The van der Waals surface area contributed by atoms with Crippen molar-refractivity contribution in [2.45, 2.75) is 31.1 Å². The van der Waals surface area contributed by atoms with Crippen molar-refractivity contribution in [2.75, 3.05) is 20.1 Å². The molecule has 6 heteroatoms. The Morgan fingerprint density at radius 2 is 1.78 bits per heavy atom. The van der Waals surface area contributed by atoms with Gasteiger partial charge in [-0.05, 0) is 61.6 Å². The smallest absolute Gasteiger partial charge is 0.253 e. The number of nitrogens with one attached hydrogen (secondary N) is 1. The van der Waals surface area contributed by atoms with E-state index in [4.69, 9.17) is 0 Å². The largest absolute Gasteiger partial charge is 0.338 e. The minimum atomic E-state index is -3.49. The Morgan fingerprint density at radius 3 is 2.41 bits per heavy atom. The summed E-state index contributed by atoms with van der Waals surface area (Å²) in [6, 6.07) is 16.5. The van der Waals surface area contributed by atoms with Gasteiger partial charge in [0.05, 0.1) is 4.90 Å². The molecule has 1 atom stereocenters. The Kier molecular flexibility index (Phi) is 5.67. The van der Waals surface area contributed by atoms with Crippen LogP contribution in [0.2, 0.25) is 0 Å². The first kappa shape index (κ1) is 19.6. The monoisotopic (exact) mass is 386 g/mol. The first-order valence-electron chi connectivity index (χ1n) is 9.20. The average molecular weight is 387 g/mol. The summed E-state index contributed by atoms with van der Waals surface area (Å²) in [5, 5.41) is 0. The van der Waals surface area contributed by atoms with Crippen LogP contribution in [0.25, 0.3) is 0 Å². The SMILES string of the molecule is CNS(=O)(=O)c1ccc(C(=O)N2CC[C@](C)(CCc3ccccc3)C2)cc1. The third-order valence-corrected chi connectivity index (χ3v) is 6.82. The van der Waals surface area contributed by atoms with Crippen LogP contribution >= 0.6 is 0 Å². The third kappa shape index (κ3) is 4.57. The zero-order valence-corrected chi connectivity index (χ0v) is 16.6. The molecule has 2 aromatic rings. The van der Waals surface area contributed by atoms with Crippen LogP contribution in [0.1, 0.15) is 35.7 Å². The molecule has 27 heavy (non-hydrogen) atoms. The molecule has 144 valence electrons. The van der Waals surface area contributed by atoms with E-state index in [-0.39, 0.29) is 16.2 Å². The number of rotatable bonds is 6. The molecule has 5 nitrogen and oxygen atoms in total. The fourth-order valence-electron chi connectivity index (χ4n) is 3.57. The number of hydrogen-bond acceptors (Lipinski definition) is 3. The zero-order valence-electron chi connectivity index (χ0n) is 15.8. The minimum Gasteiger partial charge on any atom is -0.338 e. The van der Waals surface area contributed by atoms with E-state index in [0.29, 0.717) is 5.56 Å². The number of amides is 1. The molecule has 1 amide bonds. The van der Waals surface area contributed by atoms with Gasteiger partial charge in [0.2, 0.25) is 10.0 Å². The van der Waals surface area contributed by atoms with Crippen molar-refractivity contribution in [1.29, 1.82) is 0 Å². The van der Waals surface area contributed by atoms with Crippen LogP contribution in [-0.2, 0) is 16.4 Å². The van der Waals surface area contributed by atoms with Gasteiger partial charge in [-0.25, -0.2) is 13.1 Å². The van der Waals surface area contributed by atoms with Crippen molar-refractivity contribution in [3.05, 3.63) is 65.7 Å². The molecule has 0 bridgehead atoms. The molecular weight excluding hydrogens is 360 g/mol. The number of nitrogens with zero attached hydrogens (tertiary/aromatic N) is 1. The highest BCUT2D eigenvalue weighted by Gasteiger charge is 2.35. The molecule has 0 aliphatic carbocycles. The fraction of sp³-hybridized carbons (Fsp3) is 0.381. The predicted molar refractivity (Wildman–Crippen MR) is 106 cm³/mol. The van der Waals surface area contributed by atoms with Crippen LogP contribution < -0.4 is 4.72 Å². The summed E-state index contributed by atoms with van der Waals surface area (Å²) >= 11 is 0. The van der Waals surface area contributed by atoms with Crippen molar-refractivity contribution in [3.63, 3.8) is 0 Å². The Bertz CT molecular complexity index is 895. The second kappa shape index (κ2) is 7.82. The molecule has 1 aliphatic heterocycles. The third-order valence-electron chi connectivity index (χ3n) is 5.39. The molecular formula is C21H26N2O3S. The van der Waals surface area contributed by atoms with E-state index in [0.717, 1.165) is 32.4 Å². The van der Waals surface area contributed by atoms with Gasteiger partial charge in [0, 0.05) is 18.7 Å². The maximum atomic E-state index is 12.8. The summed E-state index contributed by atoms with van der Waals surface area (Å²) in [5.74, 6) is -0.0353. The molecule has 1 N–H and O–H groups in total. The standard InChI is InChI=1S/C21H26N2O3S/c1-21(13-12-17-6-4-3-5-7-17)14-15-23(16-21)20(24)18-8-10-19(11-9-18)27(25,26)22-2/h3-11,22H,12-16H2,1-2H3/t21-/m0/s1. The maximum absolute atomic E-state index is 12.8. The number of hydrogen-bond donors (Lipinski definition) is 1. The van der Waals surface area contributed by atoms with Crippen molar-refractivity contribution < 1.29 is 13.2 Å². The van der Waals surface area contributed by atoms with Crippen LogP contribution in [0.15, 0.2) is 59.5 Å². The Labute approximate surface area is 161 Å². The summed E-state index contributed by atoms with van der Waals surface area (Å²) in [6.45, 7) is 3.71. The van der Waals surface area contributed by atoms with E-state index >= 15 is 0 Å². The number of benzene rings is 2. The minimum absolute atomic E-state index is 0.0353. The van der Waals surface area contributed by atoms with Gasteiger partial charge in [-0.15, -0.1) is 0 Å². The average Bonchev–Trinajstić information content (AvgIpc) is 3.09. The zero-order chi connectivity index (χ0) is 19.5. The Balaban J connectivity index is 1.63. The van der Waals surface area contributed by atoms with Crippen LogP contribution in [0.5, 0.6) is 0 Å². The molecule has 2 aromatic carbocycles. The lowest BCUT2D eigenvalue weighted by atomic mass is 9.83. The summed E-state index contributed by atoms with van der Waals surface area (Å²) in [6.07, 6.45) is 3.04. The van der Waals surface area contributed by atoms with Gasteiger partial charge >= 0.3 is 0 Å². The first-order chi connectivity index (χ1) is 12.8. The van der Waals surface area contributed by atoms with Gasteiger partial charge in [-0.1, -0.05) is 37.3 Å². The number of likely N-dealkylation sites (tertiary alicyclic amines) is 1. The lowest BCUT2D eigenvalue weighted by Gasteiger charge is -2.25. The van der Waals surface area contributed by atoms with E-state index < -0.39 is 10.0 Å². The van der Waals surface area contributed by atoms with E-state index in [1.165, 1.54) is 24.7 Å². The molecule has 1 fully saturated rings. The second-order valence-corrected chi connectivity index (χ2v) is 9.39. The Morgan fingerprint density at radius 1 is 1.11 bits per heavy atom. The van der Waals surface area contributed by atoms with E-state index in [9.17, 15) is 13.2 Å². The molecule has 1 aliphatic rings. The van der Waals surface area contributed by atoms with Gasteiger partial charge in [-0.2, -0.15) is 0 Å². The highest BCUT2D eigenvalue weighted by Crippen LogP contribution is 2.35. The normalized spacial score (nSPS) is 20.0. The van der Waals surface area contributed by atoms with Crippen molar-refractivity contribution in [2.24, 2.45) is 5.41 Å². The lowest BCUT2D eigenvalue weighted by Crippen LogP contribution is -2.31. The molecule has 0 spiro atoms. The van der Waals surface area contributed by atoms with Crippen molar-refractivity contribution in [3.8, 4) is 0 Å². The molecule has 0 saturated carbocycles. The van der Waals surface area contributed by atoms with Crippen LogP contribution in [0, 0.1) is 5.41 Å². The maximum Gasteiger partial charge on any atom is 0.253 e.